The highest BCUT2D eigenvalue weighted by molar-refractivity contribution is 5.92. The molecule has 0 aromatic heterocycles. The van der Waals surface area contributed by atoms with Crippen LogP contribution in [0.2, 0.25) is 0 Å². The van der Waals surface area contributed by atoms with Gasteiger partial charge in [0, 0.05) is 19.3 Å². The molecule has 2 rings (SSSR count). The van der Waals surface area contributed by atoms with Gasteiger partial charge in [0.1, 0.15) is 12.3 Å². The van der Waals surface area contributed by atoms with Crippen molar-refractivity contribution in [2.75, 3.05) is 6.61 Å². The molecule has 1 heterocycles. The SMILES string of the molecule is CCOC(=O)[C@@]1(C#N)[C@H](c2ccc(C)cc2)C[C@@H](O)N1C(C)=O. The highest BCUT2D eigenvalue weighted by atomic mass is 16.5. The molecule has 0 radical (unpaired) electrons. The van der Waals surface area contributed by atoms with E-state index in [1.807, 2.05) is 37.3 Å². The van der Waals surface area contributed by atoms with Crippen LogP contribution in [-0.4, -0.2) is 40.3 Å². The van der Waals surface area contributed by atoms with Crippen LogP contribution >= 0.6 is 0 Å². The summed E-state index contributed by atoms with van der Waals surface area (Å²) >= 11 is 0. The fourth-order valence-corrected chi connectivity index (χ4v) is 3.18. The minimum atomic E-state index is -1.85. The second-order valence-corrected chi connectivity index (χ2v) is 5.67. The summed E-state index contributed by atoms with van der Waals surface area (Å²) in [5.41, 5.74) is -0.0984. The van der Waals surface area contributed by atoms with Crippen LogP contribution in [0.15, 0.2) is 24.3 Å². The van der Waals surface area contributed by atoms with E-state index in [4.69, 9.17) is 4.74 Å². The van der Waals surface area contributed by atoms with E-state index < -0.39 is 29.6 Å². The number of likely N-dealkylation sites (tertiary alicyclic amines) is 1. The van der Waals surface area contributed by atoms with Gasteiger partial charge in [-0.1, -0.05) is 29.8 Å². The molecule has 1 aliphatic rings. The highest BCUT2D eigenvalue weighted by Crippen LogP contribution is 2.45. The number of esters is 1. The third kappa shape index (κ3) is 2.68. The molecule has 1 aromatic rings. The molecule has 0 saturated carbocycles. The van der Waals surface area contributed by atoms with Crippen molar-refractivity contribution in [2.24, 2.45) is 0 Å². The quantitative estimate of drug-likeness (QED) is 0.853. The number of benzene rings is 1. The molecule has 1 N–H and O–H groups in total. The molecular formula is C17H20N2O4. The minimum Gasteiger partial charge on any atom is -0.463 e. The Morgan fingerprint density at radius 1 is 1.43 bits per heavy atom. The number of carbonyl (C=O) groups excluding carboxylic acids is 2. The lowest BCUT2D eigenvalue weighted by molar-refractivity contribution is -0.163. The highest BCUT2D eigenvalue weighted by Gasteiger charge is 2.61. The van der Waals surface area contributed by atoms with Gasteiger partial charge in [-0.15, -0.1) is 0 Å². The zero-order valence-electron chi connectivity index (χ0n) is 13.4. The molecule has 23 heavy (non-hydrogen) atoms. The van der Waals surface area contributed by atoms with Gasteiger partial charge >= 0.3 is 5.97 Å². The van der Waals surface area contributed by atoms with E-state index in [2.05, 4.69) is 0 Å². The normalized spacial score (nSPS) is 26.7. The van der Waals surface area contributed by atoms with Crippen LogP contribution in [0.1, 0.15) is 37.3 Å². The van der Waals surface area contributed by atoms with Crippen molar-refractivity contribution < 1.29 is 19.4 Å². The summed E-state index contributed by atoms with van der Waals surface area (Å²) < 4.78 is 5.06. The average molecular weight is 316 g/mol. The Labute approximate surface area is 135 Å². The molecule has 0 aliphatic carbocycles. The third-order valence-corrected chi connectivity index (χ3v) is 4.20. The molecule has 3 atom stereocenters. The van der Waals surface area contributed by atoms with Gasteiger partial charge in [0.25, 0.3) is 0 Å². The number of ether oxygens (including phenoxy) is 1. The van der Waals surface area contributed by atoms with Crippen molar-refractivity contribution in [2.45, 2.75) is 44.9 Å². The van der Waals surface area contributed by atoms with Gasteiger partial charge in [-0.05, 0) is 19.4 Å². The van der Waals surface area contributed by atoms with Crippen molar-refractivity contribution in [1.82, 2.24) is 4.90 Å². The molecule has 1 amide bonds. The summed E-state index contributed by atoms with van der Waals surface area (Å²) in [7, 11) is 0. The second-order valence-electron chi connectivity index (χ2n) is 5.67. The van der Waals surface area contributed by atoms with E-state index in [-0.39, 0.29) is 13.0 Å². The zero-order chi connectivity index (χ0) is 17.2. The maximum Gasteiger partial charge on any atom is 0.347 e. The van der Waals surface area contributed by atoms with Gasteiger partial charge in [-0.25, -0.2) is 4.79 Å². The lowest BCUT2D eigenvalue weighted by Gasteiger charge is -2.34. The van der Waals surface area contributed by atoms with Crippen LogP contribution < -0.4 is 0 Å². The second kappa shape index (κ2) is 6.39. The summed E-state index contributed by atoms with van der Waals surface area (Å²) in [6.07, 6.45) is -1.10. The molecular weight excluding hydrogens is 296 g/mol. The van der Waals surface area contributed by atoms with Crippen molar-refractivity contribution in [3.8, 4) is 6.07 Å². The predicted molar refractivity (Wildman–Crippen MR) is 82.0 cm³/mol. The van der Waals surface area contributed by atoms with E-state index in [1.54, 1.807) is 6.92 Å². The van der Waals surface area contributed by atoms with E-state index in [1.165, 1.54) is 6.92 Å². The van der Waals surface area contributed by atoms with Gasteiger partial charge in [0.05, 0.1) is 6.61 Å². The smallest absolute Gasteiger partial charge is 0.347 e. The number of nitrogens with zero attached hydrogens (tertiary/aromatic N) is 2. The molecule has 0 unspecified atom stereocenters. The maximum atomic E-state index is 12.6. The van der Waals surface area contributed by atoms with Gasteiger partial charge in [-0.3, -0.25) is 9.69 Å². The van der Waals surface area contributed by atoms with Crippen LogP contribution in [-0.2, 0) is 14.3 Å². The number of aliphatic hydroxyl groups is 1. The van der Waals surface area contributed by atoms with Crippen molar-refractivity contribution in [3.05, 3.63) is 35.4 Å². The van der Waals surface area contributed by atoms with Gasteiger partial charge < -0.3 is 9.84 Å². The lowest BCUT2D eigenvalue weighted by Crippen LogP contribution is -2.57. The zero-order valence-corrected chi connectivity index (χ0v) is 13.4. The van der Waals surface area contributed by atoms with Crippen LogP contribution in [0.25, 0.3) is 0 Å². The Balaban J connectivity index is 2.59. The first kappa shape index (κ1) is 17.0. The van der Waals surface area contributed by atoms with Crippen LogP contribution in [0.3, 0.4) is 0 Å². The molecule has 0 bridgehead atoms. The van der Waals surface area contributed by atoms with E-state index in [0.29, 0.717) is 5.56 Å². The number of amides is 1. The van der Waals surface area contributed by atoms with E-state index in [9.17, 15) is 20.0 Å². The number of rotatable bonds is 3. The van der Waals surface area contributed by atoms with Crippen molar-refractivity contribution in [1.29, 1.82) is 5.26 Å². The largest absolute Gasteiger partial charge is 0.463 e. The summed E-state index contributed by atoms with van der Waals surface area (Å²) in [6, 6.07) is 9.31. The average Bonchev–Trinajstić information content (AvgIpc) is 2.82. The Morgan fingerprint density at radius 2 is 2.04 bits per heavy atom. The summed E-state index contributed by atoms with van der Waals surface area (Å²) in [4.78, 5) is 25.5. The number of aryl methyl sites for hydroxylation is 1. The third-order valence-electron chi connectivity index (χ3n) is 4.20. The maximum absolute atomic E-state index is 12.6. The molecule has 0 spiro atoms. The summed E-state index contributed by atoms with van der Waals surface area (Å²) in [6.45, 7) is 4.88. The number of carbonyl (C=O) groups is 2. The Bertz CT molecular complexity index is 650. The van der Waals surface area contributed by atoms with E-state index in [0.717, 1.165) is 10.5 Å². The molecule has 1 saturated heterocycles. The first-order valence-corrected chi connectivity index (χ1v) is 7.51. The number of hydrogen-bond acceptors (Lipinski definition) is 5. The minimum absolute atomic E-state index is 0.0880. The number of nitriles is 1. The molecule has 6 nitrogen and oxygen atoms in total. The molecule has 6 heteroatoms. The molecule has 1 aromatic carbocycles. The molecule has 1 fully saturated rings. The Kier molecular flexibility index (Phi) is 4.71. The number of aliphatic hydroxyl groups excluding tert-OH is 1. The first-order chi connectivity index (χ1) is 10.9. The van der Waals surface area contributed by atoms with Crippen LogP contribution in [0.5, 0.6) is 0 Å². The summed E-state index contributed by atoms with van der Waals surface area (Å²) in [5, 5.41) is 20.1. The summed E-state index contributed by atoms with van der Waals surface area (Å²) in [5.74, 6) is -1.99. The monoisotopic (exact) mass is 316 g/mol. The van der Waals surface area contributed by atoms with Crippen LogP contribution in [0, 0.1) is 18.3 Å². The van der Waals surface area contributed by atoms with Gasteiger partial charge in [0.2, 0.25) is 11.4 Å². The van der Waals surface area contributed by atoms with E-state index >= 15 is 0 Å². The topological polar surface area (TPSA) is 90.6 Å². The lowest BCUT2D eigenvalue weighted by atomic mass is 9.80. The fraction of sp³-hybridized carbons (Fsp3) is 0.471. The van der Waals surface area contributed by atoms with Gasteiger partial charge in [0.15, 0.2) is 0 Å². The Hall–Kier alpha value is -2.39. The molecule has 122 valence electrons. The fourth-order valence-electron chi connectivity index (χ4n) is 3.18. The Morgan fingerprint density at radius 3 is 2.52 bits per heavy atom. The van der Waals surface area contributed by atoms with Crippen molar-refractivity contribution in [3.63, 3.8) is 0 Å². The van der Waals surface area contributed by atoms with Crippen LogP contribution in [0.4, 0.5) is 0 Å². The molecule has 1 aliphatic heterocycles. The van der Waals surface area contributed by atoms with Gasteiger partial charge in [-0.2, -0.15) is 5.26 Å². The first-order valence-electron chi connectivity index (χ1n) is 7.51. The van der Waals surface area contributed by atoms with Crippen molar-refractivity contribution >= 4 is 11.9 Å². The predicted octanol–water partition coefficient (Wildman–Crippen LogP) is 1.47. The standard InChI is InChI=1S/C17H20N2O4/c1-4-23-16(22)17(10-18)14(9-15(21)19(17)12(3)20)13-7-5-11(2)6-8-13/h5-8,14-15,21H,4,9H2,1-3H3/t14-,15+,17+/m0/s1. The number of hydrogen-bond donors (Lipinski definition) is 1.